The zero-order valence-electron chi connectivity index (χ0n) is 15.3. The molecular formula is C17H19F3N6O3. The molecular weight excluding hydrogens is 393 g/mol. The summed E-state index contributed by atoms with van der Waals surface area (Å²) >= 11 is 0. The highest BCUT2D eigenvalue weighted by atomic mass is 19.4. The van der Waals surface area contributed by atoms with Crippen LogP contribution < -0.4 is 0 Å². The Morgan fingerprint density at radius 3 is 2.55 bits per heavy atom. The molecule has 0 bridgehead atoms. The van der Waals surface area contributed by atoms with Gasteiger partial charge in [-0.1, -0.05) is 5.21 Å². The van der Waals surface area contributed by atoms with Crippen molar-refractivity contribution in [2.45, 2.75) is 43.1 Å². The van der Waals surface area contributed by atoms with E-state index in [0.717, 1.165) is 12.8 Å². The van der Waals surface area contributed by atoms with Crippen LogP contribution in [0.1, 0.15) is 53.1 Å². The van der Waals surface area contributed by atoms with Gasteiger partial charge in [0.15, 0.2) is 11.3 Å². The smallest absolute Gasteiger partial charge is 0.379 e. The van der Waals surface area contributed by atoms with Gasteiger partial charge in [-0.25, -0.2) is 4.68 Å². The normalized spacial score (nSPS) is 24.0. The number of nitrogens with zero attached hydrogens (tertiary/aromatic N) is 6. The number of ether oxygens (including phenoxy) is 1. The molecule has 0 aromatic carbocycles. The molecule has 1 N–H and O–H groups in total. The van der Waals surface area contributed by atoms with Crippen molar-refractivity contribution in [3.63, 3.8) is 0 Å². The second-order valence-electron chi connectivity index (χ2n) is 7.90. The molecule has 0 spiro atoms. The van der Waals surface area contributed by atoms with Crippen LogP contribution in [0.2, 0.25) is 0 Å². The van der Waals surface area contributed by atoms with Gasteiger partial charge in [0.1, 0.15) is 5.69 Å². The maximum atomic E-state index is 13.4. The van der Waals surface area contributed by atoms with Crippen LogP contribution in [-0.4, -0.2) is 67.0 Å². The number of halogens is 3. The van der Waals surface area contributed by atoms with Crippen molar-refractivity contribution in [1.82, 2.24) is 29.7 Å². The number of carbonyl (C=O) groups excluding carboxylic acids is 1. The highest BCUT2D eigenvalue weighted by Crippen LogP contribution is 2.38. The minimum Gasteiger partial charge on any atom is -0.379 e. The van der Waals surface area contributed by atoms with Crippen LogP contribution in [0.5, 0.6) is 0 Å². The number of likely N-dealkylation sites (tertiary alicyclic amines) is 1. The van der Waals surface area contributed by atoms with Crippen LogP contribution in [-0.2, 0) is 16.5 Å². The Labute approximate surface area is 163 Å². The van der Waals surface area contributed by atoms with Crippen LogP contribution in [0.25, 0.3) is 0 Å². The first-order chi connectivity index (χ1) is 13.7. The van der Waals surface area contributed by atoms with Gasteiger partial charge in [0.05, 0.1) is 37.1 Å². The summed E-state index contributed by atoms with van der Waals surface area (Å²) in [5, 5.41) is 21.9. The summed E-state index contributed by atoms with van der Waals surface area (Å²) in [6, 6.07) is -0.281. The summed E-state index contributed by atoms with van der Waals surface area (Å²) in [5.74, 6) is -0.682. The zero-order valence-corrected chi connectivity index (χ0v) is 15.3. The Bertz CT molecular complexity index is 947. The average molecular weight is 412 g/mol. The lowest BCUT2D eigenvalue weighted by atomic mass is 9.99. The lowest BCUT2D eigenvalue weighted by Crippen LogP contribution is -2.46. The minimum atomic E-state index is -4.69. The molecule has 29 heavy (non-hydrogen) atoms. The van der Waals surface area contributed by atoms with Crippen LogP contribution in [0.4, 0.5) is 13.2 Å². The van der Waals surface area contributed by atoms with E-state index in [2.05, 4.69) is 15.4 Å². The van der Waals surface area contributed by atoms with Crippen molar-refractivity contribution in [3.8, 4) is 0 Å². The molecule has 3 fully saturated rings. The molecule has 5 rings (SSSR count). The van der Waals surface area contributed by atoms with Crippen molar-refractivity contribution >= 4 is 5.91 Å². The van der Waals surface area contributed by atoms with Crippen LogP contribution in [0.3, 0.4) is 0 Å². The lowest BCUT2D eigenvalue weighted by Gasteiger charge is -2.34. The van der Waals surface area contributed by atoms with E-state index in [1.807, 2.05) is 0 Å². The number of hydrogen-bond donors (Lipinski definition) is 1. The van der Waals surface area contributed by atoms with Gasteiger partial charge >= 0.3 is 6.18 Å². The van der Waals surface area contributed by atoms with Gasteiger partial charge in [0.25, 0.3) is 5.91 Å². The Morgan fingerprint density at radius 2 is 1.93 bits per heavy atom. The van der Waals surface area contributed by atoms with Crippen LogP contribution in [0.15, 0.2) is 12.4 Å². The number of carbonyl (C=O) groups is 1. The summed E-state index contributed by atoms with van der Waals surface area (Å²) in [5.41, 5.74) is -2.30. The number of alkyl halides is 3. The standard InChI is InChI=1S/C17H19F3N6O3/c18-17(19,20)14-12(6-25(22-14)10-1-2-10)15(27)24-4-3-11(5-24)26-7-13(21-23-26)16(28)8-29-9-16/h6-7,10-11,28H,1-5,8-9H2. The fourth-order valence-corrected chi connectivity index (χ4v) is 3.71. The zero-order chi connectivity index (χ0) is 20.4. The second-order valence-corrected chi connectivity index (χ2v) is 7.90. The first kappa shape index (κ1) is 18.6. The topological polar surface area (TPSA) is 98.3 Å². The van der Waals surface area contributed by atoms with E-state index in [1.54, 1.807) is 10.9 Å². The number of aromatic nitrogens is 5. The molecule has 2 aromatic rings. The van der Waals surface area contributed by atoms with Gasteiger partial charge in [-0.15, -0.1) is 5.10 Å². The Hall–Kier alpha value is -2.47. The molecule has 1 aliphatic carbocycles. The first-order valence-electron chi connectivity index (χ1n) is 9.43. The molecule has 3 aliphatic rings. The van der Waals surface area contributed by atoms with E-state index in [1.165, 1.54) is 15.8 Å². The van der Waals surface area contributed by atoms with E-state index >= 15 is 0 Å². The molecule has 2 saturated heterocycles. The molecule has 2 aromatic heterocycles. The van der Waals surface area contributed by atoms with Crippen LogP contribution in [0, 0.1) is 0 Å². The molecule has 1 amide bonds. The Balaban J connectivity index is 1.33. The van der Waals surface area contributed by atoms with Crippen molar-refractivity contribution < 1.29 is 27.8 Å². The van der Waals surface area contributed by atoms with Crippen molar-refractivity contribution in [2.75, 3.05) is 26.3 Å². The predicted octanol–water partition coefficient (Wildman–Crippen LogP) is 1.13. The van der Waals surface area contributed by atoms with Gasteiger partial charge in [-0.2, -0.15) is 18.3 Å². The maximum Gasteiger partial charge on any atom is 0.435 e. The predicted molar refractivity (Wildman–Crippen MR) is 89.8 cm³/mol. The number of aliphatic hydroxyl groups is 1. The van der Waals surface area contributed by atoms with E-state index in [-0.39, 0.29) is 31.8 Å². The second kappa shape index (κ2) is 6.26. The maximum absolute atomic E-state index is 13.4. The summed E-state index contributed by atoms with van der Waals surface area (Å²) in [6.45, 7) is 0.804. The third-order valence-corrected chi connectivity index (χ3v) is 5.65. The van der Waals surface area contributed by atoms with E-state index in [0.29, 0.717) is 18.7 Å². The van der Waals surface area contributed by atoms with Gasteiger partial charge < -0.3 is 14.7 Å². The molecule has 9 nitrogen and oxygen atoms in total. The van der Waals surface area contributed by atoms with Gasteiger partial charge in [0, 0.05) is 19.3 Å². The molecule has 156 valence electrons. The van der Waals surface area contributed by atoms with Crippen molar-refractivity contribution in [3.05, 3.63) is 29.3 Å². The SMILES string of the molecule is O=C(c1cn(C2CC2)nc1C(F)(F)F)N1CCC(n2cc(C3(O)COC3)nn2)C1. The molecule has 1 saturated carbocycles. The van der Waals surface area contributed by atoms with Crippen molar-refractivity contribution in [2.24, 2.45) is 0 Å². The monoisotopic (exact) mass is 412 g/mol. The highest BCUT2D eigenvalue weighted by Gasteiger charge is 2.43. The lowest BCUT2D eigenvalue weighted by molar-refractivity contribution is -0.186. The van der Waals surface area contributed by atoms with Crippen molar-refractivity contribution in [1.29, 1.82) is 0 Å². The number of amides is 1. The quantitative estimate of drug-likeness (QED) is 0.809. The third-order valence-electron chi connectivity index (χ3n) is 5.65. The summed E-state index contributed by atoms with van der Waals surface area (Å²) in [4.78, 5) is 14.2. The van der Waals surface area contributed by atoms with Gasteiger partial charge in [0.2, 0.25) is 0 Å². The number of hydrogen-bond acceptors (Lipinski definition) is 6. The molecule has 4 heterocycles. The fourth-order valence-electron chi connectivity index (χ4n) is 3.71. The first-order valence-corrected chi connectivity index (χ1v) is 9.43. The third kappa shape index (κ3) is 3.19. The molecule has 1 unspecified atom stereocenters. The van der Waals surface area contributed by atoms with E-state index < -0.39 is 28.9 Å². The van der Waals surface area contributed by atoms with E-state index in [9.17, 15) is 23.1 Å². The number of rotatable bonds is 4. The largest absolute Gasteiger partial charge is 0.435 e. The Morgan fingerprint density at radius 1 is 1.17 bits per heavy atom. The fraction of sp³-hybridized carbons (Fsp3) is 0.647. The summed E-state index contributed by atoms with van der Waals surface area (Å²) in [7, 11) is 0. The van der Waals surface area contributed by atoms with Gasteiger partial charge in [-0.3, -0.25) is 9.48 Å². The van der Waals surface area contributed by atoms with Crippen LogP contribution >= 0.6 is 0 Å². The molecule has 0 radical (unpaired) electrons. The van der Waals surface area contributed by atoms with Gasteiger partial charge in [-0.05, 0) is 19.3 Å². The average Bonchev–Trinajstić information content (AvgIpc) is 3.08. The molecule has 12 heteroatoms. The Kier molecular flexibility index (Phi) is 4.01. The summed E-state index contributed by atoms with van der Waals surface area (Å²) < 4.78 is 48.0. The highest BCUT2D eigenvalue weighted by molar-refractivity contribution is 5.95. The minimum absolute atomic E-state index is 0.0566. The molecule has 1 atom stereocenters. The molecule has 2 aliphatic heterocycles. The summed E-state index contributed by atoms with van der Waals surface area (Å²) in [6.07, 6.45) is 0.199. The van der Waals surface area contributed by atoms with E-state index in [4.69, 9.17) is 4.74 Å².